The van der Waals surface area contributed by atoms with Crippen LogP contribution in [0.4, 0.5) is 20.8 Å². The van der Waals surface area contributed by atoms with E-state index in [0.29, 0.717) is 66.5 Å². The summed E-state index contributed by atoms with van der Waals surface area (Å²) in [6.45, 7) is 1.26. The lowest BCUT2D eigenvalue weighted by atomic mass is 10.1. The van der Waals surface area contributed by atoms with Gasteiger partial charge in [0, 0.05) is 18.2 Å². The Morgan fingerprint density at radius 2 is 2.09 bits per heavy atom. The van der Waals surface area contributed by atoms with Crippen molar-refractivity contribution in [1.82, 2.24) is 19.9 Å². The number of fused-ring (bicyclic) bond motifs is 1. The summed E-state index contributed by atoms with van der Waals surface area (Å²) in [5.41, 5.74) is 1.43. The van der Waals surface area contributed by atoms with Gasteiger partial charge < -0.3 is 19.9 Å². The number of nitrogens with zero attached hydrogens (tertiary/aromatic N) is 4. The van der Waals surface area contributed by atoms with Gasteiger partial charge >= 0.3 is 6.09 Å². The number of cyclic esters (lactones) is 1. The Morgan fingerprint density at radius 1 is 1.20 bits per heavy atom. The molecule has 0 radical (unpaired) electrons. The quantitative estimate of drug-likeness (QED) is 0.500. The summed E-state index contributed by atoms with van der Waals surface area (Å²) in [6, 6.07) is 6.32. The van der Waals surface area contributed by atoms with Gasteiger partial charge in [-0.3, -0.25) is 19.5 Å². The number of thioether (sulfide) groups is 1. The summed E-state index contributed by atoms with van der Waals surface area (Å²) >= 11 is 1.41. The fourth-order valence-electron chi connectivity index (χ4n) is 4.79. The van der Waals surface area contributed by atoms with Gasteiger partial charge in [-0.1, -0.05) is 0 Å². The van der Waals surface area contributed by atoms with Crippen molar-refractivity contribution in [2.75, 3.05) is 29.1 Å². The lowest BCUT2D eigenvalue weighted by Gasteiger charge is -2.18. The van der Waals surface area contributed by atoms with E-state index >= 15 is 0 Å². The second kappa shape index (κ2) is 8.61. The van der Waals surface area contributed by atoms with Crippen molar-refractivity contribution in [3.8, 4) is 0 Å². The number of rotatable bonds is 6. The number of aromatic nitrogens is 3. The first-order valence-electron chi connectivity index (χ1n) is 11.3. The predicted molar refractivity (Wildman–Crippen MR) is 127 cm³/mol. The molecule has 0 saturated carbocycles. The summed E-state index contributed by atoms with van der Waals surface area (Å²) in [6.07, 6.45) is 1.71. The van der Waals surface area contributed by atoms with E-state index in [1.807, 2.05) is 6.07 Å². The maximum Gasteiger partial charge on any atom is 0.415 e. The number of anilines is 2. The zero-order valence-corrected chi connectivity index (χ0v) is 19.3. The first-order valence-corrected chi connectivity index (χ1v) is 12.3. The molecule has 3 aromatic rings. The van der Waals surface area contributed by atoms with Crippen LogP contribution >= 0.6 is 11.8 Å². The van der Waals surface area contributed by atoms with E-state index in [9.17, 15) is 18.8 Å². The third-order valence-corrected chi connectivity index (χ3v) is 7.46. The maximum absolute atomic E-state index is 14.6. The molecule has 1 saturated heterocycles. The number of carbonyl (C=O) groups is 2. The Labute approximate surface area is 202 Å². The Balaban J connectivity index is 1.06. The topological polar surface area (TPSA) is 118 Å². The second-order valence-corrected chi connectivity index (χ2v) is 9.67. The van der Waals surface area contributed by atoms with Gasteiger partial charge in [0.15, 0.2) is 0 Å². The maximum atomic E-state index is 14.6. The van der Waals surface area contributed by atoms with Crippen LogP contribution in [-0.4, -0.2) is 51.5 Å². The first kappa shape index (κ1) is 22.0. The van der Waals surface area contributed by atoms with Crippen molar-refractivity contribution in [1.29, 1.82) is 0 Å². The number of hydrogen-bond donors (Lipinski definition) is 2. The Morgan fingerprint density at radius 3 is 2.97 bits per heavy atom. The molecule has 0 aromatic carbocycles. The average Bonchev–Trinajstić information content (AvgIpc) is 3.42. The van der Waals surface area contributed by atoms with Gasteiger partial charge in [-0.05, 0) is 37.6 Å². The van der Waals surface area contributed by atoms with E-state index < -0.39 is 11.9 Å². The van der Waals surface area contributed by atoms with Crippen molar-refractivity contribution in [3.05, 3.63) is 52.2 Å². The minimum atomic E-state index is -0.475. The van der Waals surface area contributed by atoms with Crippen molar-refractivity contribution in [2.24, 2.45) is 0 Å². The minimum Gasteiger partial charge on any atom is -0.444 e. The molecule has 10 nitrogen and oxygen atoms in total. The molecule has 3 aromatic heterocycles. The Kier molecular flexibility index (Phi) is 5.41. The molecule has 2 amide bonds. The zero-order chi connectivity index (χ0) is 24.1. The third-order valence-electron chi connectivity index (χ3n) is 6.41. The zero-order valence-electron chi connectivity index (χ0n) is 18.5. The molecule has 2 N–H and O–H groups in total. The molecular weight excluding hydrogens is 475 g/mol. The monoisotopic (exact) mass is 496 g/mol. The molecule has 0 unspecified atom stereocenters. The lowest BCUT2D eigenvalue weighted by Crippen LogP contribution is -2.28. The van der Waals surface area contributed by atoms with Crippen molar-refractivity contribution >= 4 is 46.4 Å². The summed E-state index contributed by atoms with van der Waals surface area (Å²) in [5.74, 6) is 0.684. The second-order valence-electron chi connectivity index (χ2n) is 8.65. The van der Waals surface area contributed by atoms with Crippen LogP contribution in [0.15, 0.2) is 40.2 Å². The van der Waals surface area contributed by atoms with Gasteiger partial charge in [-0.15, -0.1) is 11.8 Å². The molecule has 12 heteroatoms. The van der Waals surface area contributed by atoms with Gasteiger partial charge in [0.25, 0.3) is 5.56 Å². The van der Waals surface area contributed by atoms with Crippen LogP contribution in [0.3, 0.4) is 0 Å². The molecule has 0 bridgehead atoms. The molecule has 0 aliphatic carbocycles. The molecular formula is C23H21FN6O4S. The standard InChI is InChI=1S/C23H21FN6O4S/c24-13-8-26-14-3-6-19(32)30-10-15(20(13)21(14)30)25-7-1-2-12-9-29(23(33)34-12)17-5-4-16-22(27-17)28-18(31)11-35-16/h3-6,8,12,15,25H,1-2,7,9-11H2,(H,27,28,31)/t12-,15-/m0/s1. The summed E-state index contributed by atoms with van der Waals surface area (Å²) in [7, 11) is 0. The van der Waals surface area contributed by atoms with Crippen LogP contribution < -0.4 is 21.1 Å². The smallest absolute Gasteiger partial charge is 0.415 e. The van der Waals surface area contributed by atoms with Crippen LogP contribution in [0, 0.1) is 5.82 Å². The molecule has 3 aliphatic rings. The third kappa shape index (κ3) is 3.92. The SMILES string of the molecule is O=C1CSc2ccc(N3C[C@H](CCCN[C@H]4Cn5c(=O)ccc6ncc(F)c4c65)OC3=O)nc2N1. The van der Waals surface area contributed by atoms with Crippen molar-refractivity contribution in [3.63, 3.8) is 0 Å². The average molecular weight is 497 g/mol. The van der Waals surface area contributed by atoms with Crippen LogP contribution in [0.2, 0.25) is 0 Å². The minimum absolute atomic E-state index is 0.121. The van der Waals surface area contributed by atoms with Crippen molar-refractivity contribution in [2.45, 2.75) is 36.4 Å². The Bertz CT molecular complexity index is 1430. The normalized spacial score (nSPS) is 20.8. The van der Waals surface area contributed by atoms with E-state index in [1.54, 1.807) is 16.7 Å². The van der Waals surface area contributed by atoms with E-state index in [4.69, 9.17) is 4.74 Å². The number of halogens is 1. The van der Waals surface area contributed by atoms with Crippen LogP contribution in [0.25, 0.3) is 11.0 Å². The van der Waals surface area contributed by atoms with Crippen LogP contribution in [-0.2, 0) is 16.1 Å². The highest BCUT2D eigenvalue weighted by atomic mass is 32.2. The predicted octanol–water partition coefficient (Wildman–Crippen LogP) is 2.42. The van der Waals surface area contributed by atoms with Gasteiger partial charge in [0.2, 0.25) is 5.91 Å². The molecule has 1 fully saturated rings. The summed E-state index contributed by atoms with van der Waals surface area (Å²) in [4.78, 5) is 47.2. The highest BCUT2D eigenvalue weighted by Crippen LogP contribution is 2.34. The lowest BCUT2D eigenvalue weighted by molar-refractivity contribution is -0.113. The molecule has 0 spiro atoms. The highest BCUT2D eigenvalue weighted by molar-refractivity contribution is 8.00. The highest BCUT2D eigenvalue weighted by Gasteiger charge is 2.34. The molecule has 180 valence electrons. The summed E-state index contributed by atoms with van der Waals surface area (Å²) in [5, 5.41) is 6.07. The Hall–Kier alpha value is -3.51. The fraction of sp³-hybridized carbons (Fsp3) is 0.348. The van der Waals surface area contributed by atoms with Gasteiger partial charge in [-0.25, -0.2) is 14.2 Å². The number of nitrogens with one attached hydrogen (secondary N) is 2. The largest absolute Gasteiger partial charge is 0.444 e. The van der Waals surface area contributed by atoms with E-state index in [1.165, 1.54) is 28.9 Å². The number of pyridine rings is 3. The number of carbonyl (C=O) groups excluding carboxylic acids is 2. The first-order chi connectivity index (χ1) is 17.0. The number of hydrogen-bond acceptors (Lipinski definition) is 8. The molecule has 35 heavy (non-hydrogen) atoms. The summed E-state index contributed by atoms with van der Waals surface area (Å²) < 4.78 is 21.6. The van der Waals surface area contributed by atoms with Crippen LogP contribution in [0.1, 0.15) is 24.4 Å². The van der Waals surface area contributed by atoms with Gasteiger partial charge in [-0.2, -0.15) is 0 Å². The number of amides is 2. The molecule has 2 atom stereocenters. The van der Waals surface area contributed by atoms with Gasteiger partial charge in [0.1, 0.15) is 23.6 Å². The molecule has 6 rings (SSSR count). The molecule has 6 heterocycles. The fourth-order valence-corrected chi connectivity index (χ4v) is 5.54. The number of ether oxygens (including phenoxy) is 1. The van der Waals surface area contributed by atoms with E-state index in [0.717, 1.165) is 4.90 Å². The van der Waals surface area contributed by atoms with E-state index in [2.05, 4.69) is 20.6 Å². The molecule has 3 aliphatic heterocycles. The van der Waals surface area contributed by atoms with Gasteiger partial charge in [0.05, 0.1) is 40.5 Å². The van der Waals surface area contributed by atoms with E-state index in [-0.39, 0.29) is 23.6 Å². The van der Waals surface area contributed by atoms with Crippen molar-refractivity contribution < 1.29 is 18.7 Å². The van der Waals surface area contributed by atoms with Crippen LogP contribution in [0.5, 0.6) is 0 Å².